The van der Waals surface area contributed by atoms with Crippen LogP contribution in [-0.2, 0) is 5.41 Å². The second kappa shape index (κ2) is 13.2. The average Bonchev–Trinajstić information content (AvgIpc) is 3.89. The molecule has 12 rings (SSSR count). The largest absolute Gasteiger partial charge is 0.309 e. The molecule has 0 spiro atoms. The van der Waals surface area contributed by atoms with E-state index in [0.29, 0.717) is 30.0 Å². The number of nitrogens with zero attached hydrogens (tertiary/aromatic N) is 3. The van der Waals surface area contributed by atoms with Gasteiger partial charge >= 0.3 is 0 Å². The first-order valence-electron chi connectivity index (χ1n) is 21.2. The molecule has 5 aliphatic rings. The molecule has 3 heterocycles. The molecule has 0 saturated carbocycles. The third-order valence-electron chi connectivity index (χ3n) is 14.0. The van der Waals surface area contributed by atoms with Gasteiger partial charge in [0.25, 0.3) is 0 Å². The Bertz CT molecular complexity index is 2970. The molecule has 5 atom stereocenters. The molecule has 5 aromatic carbocycles. The van der Waals surface area contributed by atoms with E-state index < -0.39 is 0 Å². The lowest BCUT2D eigenvalue weighted by Gasteiger charge is -2.38. The molecular weight excluding hydrogens is 715 g/mol. The Balaban J connectivity index is 0.935. The Morgan fingerprint density at radius 1 is 0.610 bits per heavy atom. The van der Waals surface area contributed by atoms with Crippen molar-refractivity contribution < 1.29 is 0 Å². The standard InChI is InChI=1S/C56H45N3/c1-56(2)50-19-9-6-16-44(50)47-34-42(24-25-51(47)56)58-52-20-10-7-17-45(52)48-32-37(22-26-54(48)58)38-23-27-55-49(33-38)46-18-8-11-21-53(46)59(55)43-30-40(36-13-4-3-5-14-36)29-41(31-43)39-15-12-28-57-35-39/h3-23,25-35,42,45,48,52,54H,24H2,1-2H3. The van der Waals surface area contributed by atoms with Crippen LogP contribution in [0.4, 0.5) is 0 Å². The predicted molar refractivity (Wildman–Crippen MR) is 245 cm³/mol. The maximum atomic E-state index is 4.47. The van der Waals surface area contributed by atoms with Gasteiger partial charge in [-0.15, -0.1) is 0 Å². The summed E-state index contributed by atoms with van der Waals surface area (Å²) in [6.45, 7) is 4.79. The van der Waals surface area contributed by atoms with Gasteiger partial charge in [-0.3, -0.25) is 9.88 Å². The number of allylic oxidation sites excluding steroid dienone is 6. The Morgan fingerprint density at radius 3 is 2.25 bits per heavy atom. The van der Waals surface area contributed by atoms with Crippen molar-refractivity contribution in [1.82, 2.24) is 14.5 Å². The molecule has 1 saturated heterocycles. The second-order valence-corrected chi connectivity index (χ2v) is 17.5. The maximum Gasteiger partial charge on any atom is 0.0541 e. The van der Waals surface area contributed by atoms with E-state index in [1.807, 2.05) is 18.5 Å². The van der Waals surface area contributed by atoms with E-state index in [0.717, 1.165) is 23.2 Å². The van der Waals surface area contributed by atoms with Crippen molar-refractivity contribution in [2.24, 2.45) is 11.8 Å². The Kier molecular flexibility index (Phi) is 7.74. The Hall–Kier alpha value is -6.55. The molecule has 0 radical (unpaired) electrons. The van der Waals surface area contributed by atoms with Crippen LogP contribution in [0.3, 0.4) is 0 Å². The summed E-state index contributed by atoms with van der Waals surface area (Å²) in [6, 6.07) is 47.9. The second-order valence-electron chi connectivity index (χ2n) is 17.5. The van der Waals surface area contributed by atoms with Crippen molar-refractivity contribution in [2.45, 2.75) is 43.8 Å². The molecule has 0 bridgehead atoms. The Labute approximate surface area is 346 Å². The number of para-hydroxylation sites is 1. The summed E-state index contributed by atoms with van der Waals surface area (Å²) in [7, 11) is 0. The minimum atomic E-state index is 0.0434. The zero-order valence-corrected chi connectivity index (χ0v) is 33.4. The van der Waals surface area contributed by atoms with Crippen molar-refractivity contribution in [3.05, 3.63) is 217 Å². The average molecular weight is 760 g/mol. The third kappa shape index (κ3) is 5.34. The molecule has 1 aliphatic heterocycles. The van der Waals surface area contributed by atoms with Crippen molar-refractivity contribution >= 4 is 33.0 Å². The molecule has 3 heteroatoms. The normalized spacial score (nSPS) is 23.7. The summed E-state index contributed by atoms with van der Waals surface area (Å²) in [4.78, 5) is 7.30. The van der Waals surface area contributed by atoms with Gasteiger partial charge < -0.3 is 4.57 Å². The summed E-state index contributed by atoms with van der Waals surface area (Å²) in [5.74, 6) is 0.818. The van der Waals surface area contributed by atoms with Crippen LogP contribution in [0, 0.1) is 11.8 Å². The fourth-order valence-corrected chi connectivity index (χ4v) is 11.2. The molecule has 2 aromatic heterocycles. The lowest BCUT2D eigenvalue weighted by molar-refractivity contribution is 0.193. The van der Waals surface area contributed by atoms with Crippen LogP contribution >= 0.6 is 0 Å². The highest BCUT2D eigenvalue weighted by Gasteiger charge is 2.49. The van der Waals surface area contributed by atoms with Gasteiger partial charge in [0.05, 0.1) is 11.0 Å². The summed E-state index contributed by atoms with van der Waals surface area (Å²) < 4.78 is 2.45. The van der Waals surface area contributed by atoms with E-state index in [2.05, 4.69) is 204 Å². The van der Waals surface area contributed by atoms with Gasteiger partial charge in [0.15, 0.2) is 0 Å². The van der Waals surface area contributed by atoms with Gasteiger partial charge in [-0.25, -0.2) is 0 Å². The summed E-state index contributed by atoms with van der Waals surface area (Å²) in [6.07, 6.45) is 27.0. The van der Waals surface area contributed by atoms with Crippen molar-refractivity contribution in [2.75, 3.05) is 0 Å². The number of rotatable bonds is 5. The van der Waals surface area contributed by atoms with Gasteiger partial charge in [-0.2, -0.15) is 0 Å². The number of hydrogen-bond acceptors (Lipinski definition) is 2. The zero-order valence-electron chi connectivity index (χ0n) is 33.4. The number of benzene rings is 5. The van der Waals surface area contributed by atoms with Gasteiger partial charge in [0, 0.05) is 69.8 Å². The summed E-state index contributed by atoms with van der Waals surface area (Å²) in [5, 5.41) is 2.53. The van der Waals surface area contributed by atoms with Crippen LogP contribution in [0.15, 0.2) is 200 Å². The van der Waals surface area contributed by atoms with Crippen LogP contribution in [0.1, 0.15) is 37.0 Å². The SMILES string of the molecule is CC1(C)C2=CCC(N3C4C=CC=CC4C4C=C(c5ccc6c(c5)c5ccccc5n6-c5cc(-c6ccccc6)cc(-c6cccnc6)c5)C=CC43)C=C2c2ccccc21. The molecule has 7 aromatic rings. The van der Waals surface area contributed by atoms with Crippen LogP contribution in [-0.4, -0.2) is 32.6 Å². The number of hydrogen-bond donors (Lipinski definition) is 0. The van der Waals surface area contributed by atoms with Gasteiger partial charge in [0.1, 0.15) is 0 Å². The molecule has 0 amide bonds. The molecule has 1 fully saturated rings. The molecule has 59 heavy (non-hydrogen) atoms. The predicted octanol–water partition coefficient (Wildman–Crippen LogP) is 13.0. The number of aromatic nitrogens is 2. The van der Waals surface area contributed by atoms with Gasteiger partial charge in [-0.05, 0) is 99.0 Å². The van der Waals surface area contributed by atoms with Crippen molar-refractivity contribution in [1.29, 1.82) is 0 Å². The van der Waals surface area contributed by atoms with Crippen LogP contribution < -0.4 is 0 Å². The van der Waals surface area contributed by atoms with Crippen LogP contribution in [0.5, 0.6) is 0 Å². The maximum absolute atomic E-state index is 4.47. The first kappa shape index (κ1) is 34.5. The lowest BCUT2D eigenvalue weighted by atomic mass is 9.79. The van der Waals surface area contributed by atoms with E-state index in [1.54, 1.807) is 0 Å². The zero-order chi connectivity index (χ0) is 39.2. The van der Waals surface area contributed by atoms with Gasteiger partial charge in [-0.1, -0.05) is 153 Å². The van der Waals surface area contributed by atoms with Crippen molar-refractivity contribution in [3.63, 3.8) is 0 Å². The van der Waals surface area contributed by atoms with Gasteiger partial charge in [0.2, 0.25) is 0 Å². The van der Waals surface area contributed by atoms with Crippen LogP contribution in [0.25, 0.3) is 60.9 Å². The fraction of sp³-hybridized carbons (Fsp3) is 0.161. The topological polar surface area (TPSA) is 21.1 Å². The minimum absolute atomic E-state index is 0.0434. The highest BCUT2D eigenvalue weighted by molar-refractivity contribution is 6.10. The molecular formula is C56H45N3. The lowest BCUT2D eigenvalue weighted by Crippen LogP contribution is -2.44. The fourth-order valence-electron chi connectivity index (χ4n) is 11.2. The Morgan fingerprint density at radius 2 is 1.37 bits per heavy atom. The van der Waals surface area contributed by atoms with Crippen molar-refractivity contribution in [3.8, 4) is 27.9 Å². The molecule has 0 N–H and O–H groups in total. The highest BCUT2D eigenvalue weighted by atomic mass is 15.2. The van der Waals surface area contributed by atoms with E-state index in [-0.39, 0.29) is 5.41 Å². The summed E-state index contributed by atoms with van der Waals surface area (Å²) in [5.41, 5.74) is 16.6. The molecule has 4 aliphatic carbocycles. The number of pyridine rings is 1. The first-order chi connectivity index (χ1) is 29.0. The summed E-state index contributed by atoms with van der Waals surface area (Å²) >= 11 is 0. The van der Waals surface area contributed by atoms with Crippen LogP contribution in [0.2, 0.25) is 0 Å². The number of fused-ring (bicyclic) bond motifs is 9. The first-order valence-corrected chi connectivity index (χ1v) is 21.2. The van der Waals surface area contributed by atoms with E-state index >= 15 is 0 Å². The number of likely N-dealkylation sites (tertiary alicyclic amines) is 1. The quantitative estimate of drug-likeness (QED) is 0.174. The monoisotopic (exact) mass is 759 g/mol. The molecule has 284 valence electrons. The third-order valence-corrected chi connectivity index (χ3v) is 14.0. The smallest absolute Gasteiger partial charge is 0.0541 e. The minimum Gasteiger partial charge on any atom is -0.309 e. The molecule has 3 nitrogen and oxygen atoms in total. The molecule has 5 unspecified atom stereocenters. The van der Waals surface area contributed by atoms with E-state index in [9.17, 15) is 0 Å². The van der Waals surface area contributed by atoms with E-state index in [1.165, 1.54) is 66.3 Å². The van der Waals surface area contributed by atoms with E-state index in [4.69, 9.17) is 0 Å². The highest BCUT2D eigenvalue weighted by Crippen LogP contribution is 2.53.